The summed E-state index contributed by atoms with van der Waals surface area (Å²) in [4.78, 5) is 14.8. The van der Waals surface area contributed by atoms with Crippen LogP contribution in [0.5, 0.6) is 11.5 Å². The summed E-state index contributed by atoms with van der Waals surface area (Å²) in [6.45, 7) is 3.31. The van der Waals surface area contributed by atoms with Gasteiger partial charge in [-0.15, -0.1) is 0 Å². The summed E-state index contributed by atoms with van der Waals surface area (Å²) >= 11 is 1.59. The first-order valence-electron chi connectivity index (χ1n) is 8.00. The summed E-state index contributed by atoms with van der Waals surface area (Å²) in [5, 5.41) is 11.0. The maximum atomic E-state index is 13.0. The predicted octanol–water partition coefficient (Wildman–Crippen LogP) is 3.53. The molecule has 0 saturated carbocycles. The van der Waals surface area contributed by atoms with E-state index in [2.05, 4.69) is 10.2 Å². The van der Waals surface area contributed by atoms with Gasteiger partial charge in [-0.25, -0.2) is 0 Å². The third-order valence-electron chi connectivity index (χ3n) is 4.16. The molecule has 0 saturated heterocycles. The Balaban J connectivity index is 1.57. The molecule has 0 bridgehead atoms. The topological polar surface area (TPSA) is 67.5 Å². The highest BCUT2D eigenvalue weighted by molar-refractivity contribution is 7.08. The van der Waals surface area contributed by atoms with Gasteiger partial charge >= 0.3 is 0 Å². The lowest BCUT2D eigenvalue weighted by Crippen LogP contribution is -2.30. The maximum Gasteiger partial charge on any atom is 0.257 e. The standard InChI is InChI=1S/C18H17N3O3S/c1-2-21(9-12-3-4-15-16(7-12)24-11-23-15)18(22)14-8-19-20-17(14)13-5-6-25-10-13/h3-8,10H,2,9,11H2,1H3,(H,19,20). The number of nitrogens with zero attached hydrogens (tertiary/aromatic N) is 2. The Morgan fingerprint density at radius 2 is 2.20 bits per heavy atom. The van der Waals surface area contributed by atoms with Crippen molar-refractivity contribution in [1.82, 2.24) is 15.1 Å². The van der Waals surface area contributed by atoms with Crippen molar-refractivity contribution in [3.05, 3.63) is 52.3 Å². The molecule has 0 fully saturated rings. The molecule has 6 nitrogen and oxygen atoms in total. The van der Waals surface area contributed by atoms with Gasteiger partial charge in [-0.05, 0) is 36.1 Å². The van der Waals surface area contributed by atoms with E-state index >= 15 is 0 Å². The van der Waals surface area contributed by atoms with E-state index in [1.807, 2.05) is 41.9 Å². The first-order valence-corrected chi connectivity index (χ1v) is 8.94. The molecule has 3 aromatic rings. The Kier molecular flexibility index (Phi) is 4.15. The van der Waals surface area contributed by atoms with Crippen LogP contribution < -0.4 is 9.47 Å². The van der Waals surface area contributed by atoms with Gasteiger partial charge < -0.3 is 14.4 Å². The van der Waals surface area contributed by atoms with E-state index in [0.29, 0.717) is 18.7 Å². The summed E-state index contributed by atoms with van der Waals surface area (Å²) in [7, 11) is 0. The zero-order valence-electron chi connectivity index (χ0n) is 13.7. The van der Waals surface area contributed by atoms with Crippen LogP contribution in [0.3, 0.4) is 0 Å². The smallest absolute Gasteiger partial charge is 0.257 e. The molecule has 2 aromatic heterocycles. The highest BCUT2D eigenvalue weighted by Crippen LogP contribution is 2.33. The summed E-state index contributed by atoms with van der Waals surface area (Å²) in [5.41, 5.74) is 3.32. The van der Waals surface area contributed by atoms with E-state index in [1.54, 1.807) is 22.4 Å². The normalized spacial score (nSPS) is 12.4. The van der Waals surface area contributed by atoms with E-state index in [4.69, 9.17) is 9.47 Å². The van der Waals surface area contributed by atoms with Gasteiger partial charge in [0.25, 0.3) is 5.91 Å². The van der Waals surface area contributed by atoms with Crippen LogP contribution in [-0.2, 0) is 6.54 Å². The van der Waals surface area contributed by atoms with Gasteiger partial charge in [0.2, 0.25) is 6.79 Å². The molecule has 1 amide bonds. The molecule has 0 radical (unpaired) electrons. The molecular weight excluding hydrogens is 338 g/mol. The Bertz CT molecular complexity index is 889. The molecule has 1 aliphatic heterocycles. The summed E-state index contributed by atoms with van der Waals surface area (Å²) in [5.74, 6) is 1.42. The highest BCUT2D eigenvalue weighted by atomic mass is 32.1. The molecule has 0 atom stereocenters. The van der Waals surface area contributed by atoms with Crippen LogP contribution >= 0.6 is 11.3 Å². The Labute approximate surface area is 149 Å². The fourth-order valence-corrected chi connectivity index (χ4v) is 3.48. The van der Waals surface area contributed by atoms with E-state index in [1.165, 1.54) is 0 Å². The average Bonchev–Trinajstić information content (AvgIpc) is 3.39. The number of thiophene rings is 1. The number of carbonyl (C=O) groups is 1. The van der Waals surface area contributed by atoms with Gasteiger partial charge in [0.15, 0.2) is 11.5 Å². The van der Waals surface area contributed by atoms with Gasteiger partial charge in [0.05, 0.1) is 17.5 Å². The number of aromatic nitrogens is 2. The van der Waals surface area contributed by atoms with Gasteiger partial charge in [0.1, 0.15) is 0 Å². The van der Waals surface area contributed by atoms with Crippen LogP contribution in [0.1, 0.15) is 22.8 Å². The minimum atomic E-state index is -0.0462. The summed E-state index contributed by atoms with van der Waals surface area (Å²) in [6, 6.07) is 7.74. The molecule has 0 aliphatic carbocycles. The molecule has 1 N–H and O–H groups in total. The quantitative estimate of drug-likeness (QED) is 0.760. The predicted molar refractivity (Wildman–Crippen MR) is 94.9 cm³/mol. The number of carbonyl (C=O) groups excluding carboxylic acids is 1. The minimum absolute atomic E-state index is 0.0462. The summed E-state index contributed by atoms with van der Waals surface area (Å²) in [6.07, 6.45) is 1.59. The number of H-pyrrole nitrogens is 1. The second-order valence-electron chi connectivity index (χ2n) is 5.68. The van der Waals surface area contributed by atoms with Crippen LogP contribution in [0.15, 0.2) is 41.2 Å². The molecule has 128 valence electrons. The SMILES string of the molecule is CCN(Cc1ccc2c(c1)OCO2)C(=O)c1cn[nH]c1-c1ccsc1. The van der Waals surface area contributed by atoms with E-state index < -0.39 is 0 Å². The third-order valence-corrected chi connectivity index (χ3v) is 4.84. The van der Waals surface area contributed by atoms with Crippen molar-refractivity contribution in [3.8, 4) is 22.8 Å². The van der Waals surface area contributed by atoms with Crippen molar-refractivity contribution in [2.45, 2.75) is 13.5 Å². The molecular formula is C18H17N3O3S. The second-order valence-corrected chi connectivity index (χ2v) is 6.46. The Morgan fingerprint density at radius 1 is 1.32 bits per heavy atom. The molecule has 1 aliphatic rings. The van der Waals surface area contributed by atoms with Crippen molar-refractivity contribution in [1.29, 1.82) is 0 Å². The van der Waals surface area contributed by atoms with Crippen LogP contribution in [0.25, 0.3) is 11.3 Å². The van der Waals surface area contributed by atoms with Crippen molar-refractivity contribution in [2.24, 2.45) is 0 Å². The zero-order chi connectivity index (χ0) is 17.2. The number of benzene rings is 1. The number of nitrogens with one attached hydrogen (secondary N) is 1. The van der Waals surface area contributed by atoms with Crippen molar-refractivity contribution in [3.63, 3.8) is 0 Å². The molecule has 0 spiro atoms. The lowest BCUT2D eigenvalue weighted by atomic mass is 10.1. The molecule has 25 heavy (non-hydrogen) atoms. The maximum absolute atomic E-state index is 13.0. The number of hydrogen-bond acceptors (Lipinski definition) is 5. The van der Waals surface area contributed by atoms with Crippen LogP contribution in [-0.4, -0.2) is 34.3 Å². The van der Waals surface area contributed by atoms with Crippen LogP contribution in [0.4, 0.5) is 0 Å². The molecule has 3 heterocycles. The summed E-state index contributed by atoms with van der Waals surface area (Å²) < 4.78 is 10.7. The fraction of sp³-hybridized carbons (Fsp3) is 0.222. The number of ether oxygens (including phenoxy) is 2. The first-order chi connectivity index (χ1) is 12.3. The molecule has 4 rings (SSSR count). The van der Waals surface area contributed by atoms with E-state index in [0.717, 1.165) is 28.3 Å². The Morgan fingerprint density at radius 3 is 3.00 bits per heavy atom. The monoisotopic (exact) mass is 355 g/mol. The molecule has 0 unspecified atom stereocenters. The highest BCUT2D eigenvalue weighted by Gasteiger charge is 2.22. The average molecular weight is 355 g/mol. The second kappa shape index (κ2) is 6.60. The fourth-order valence-electron chi connectivity index (χ4n) is 2.83. The van der Waals surface area contributed by atoms with Crippen molar-refractivity contribution >= 4 is 17.2 Å². The Hall–Kier alpha value is -2.80. The number of fused-ring (bicyclic) bond motifs is 1. The van der Waals surface area contributed by atoms with Crippen molar-refractivity contribution in [2.75, 3.05) is 13.3 Å². The molecule has 1 aromatic carbocycles. The third kappa shape index (κ3) is 2.98. The number of aromatic amines is 1. The van der Waals surface area contributed by atoms with Crippen LogP contribution in [0, 0.1) is 0 Å². The van der Waals surface area contributed by atoms with Gasteiger partial charge in [-0.1, -0.05) is 6.07 Å². The molecule has 7 heteroatoms. The minimum Gasteiger partial charge on any atom is -0.454 e. The first kappa shape index (κ1) is 15.7. The number of hydrogen-bond donors (Lipinski definition) is 1. The van der Waals surface area contributed by atoms with Crippen molar-refractivity contribution < 1.29 is 14.3 Å². The number of amides is 1. The van der Waals surface area contributed by atoms with Gasteiger partial charge in [0, 0.05) is 24.0 Å². The lowest BCUT2D eigenvalue weighted by Gasteiger charge is -2.21. The van der Waals surface area contributed by atoms with E-state index in [9.17, 15) is 4.79 Å². The van der Waals surface area contributed by atoms with Gasteiger partial charge in [-0.2, -0.15) is 16.4 Å². The lowest BCUT2D eigenvalue weighted by molar-refractivity contribution is 0.0753. The van der Waals surface area contributed by atoms with Crippen LogP contribution in [0.2, 0.25) is 0 Å². The van der Waals surface area contributed by atoms with Gasteiger partial charge in [-0.3, -0.25) is 9.89 Å². The van der Waals surface area contributed by atoms with E-state index in [-0.39, 0.29) is 12.7 Å². The zero-order valence-corrected chi connectivity index (χ0v) is 14.5. The number of rotatable bonds is 5. The largest absolute Gasteiger partial charge is 0.454 e.